The number of carbonyl (C=O) groups excluding carboxylic acids is 1. The molecule has 130 valence electrons. The van der Waals surface area contributed by atoms with Crippen LogP contribution < -0.4 is 10.6 Å². The zero-order chi connectivity index (χ0) is 16.8. The Kier molecular flexibility index (Phi) is 7.63. The van der Waals surface area contributed by atoms with Crippen LogP contribution >= 0.6 is 0 Å². The smallest absolute Gasteiger partial charge is 0.314 e. The maximum atomic E-state index is 11.9. The molecule has 5 nitrogen and oxygen atoms in total. The SMILES string of the molecule is CC(C)C(O)C(C)(C)CNC(=O)NCCN(C)C1CCCC1. The Bertz CT molecular complexity index is 339. The second-order valence-electron chi connectivity index (χ2n) is 7.71. The van der Waals surface area contributed by atoms with Gasteiger partial charge in [-0.3, -0.25) is 0 Å². The predicted molar refractivity (Wildman–Crippen MR) is 90.9 cm³/mol. The molecule has 0 aromatic heterocycles. The van der Waals surface area contributed by atoms with Crippen molar-refractivity contribution in [1.82, 2.24) is 15.5 Å². The molecule has 0 bridgehead atoms. The van der Waals surface area contributed by atoms with Gasteiger partial charge in [0.15, 0.2) is 0 Å². The van der Waals surface area contributed by atoms with Crippen LogP contribution in [0, 0.1) is 11.3 Å². The van der Waals surface area contributed by atoms with E-state index in [0.717, 1.165) is 6.54 Å². The van der Waals surface area contributed by atoms with Gasteiger partial charge in [0, 0.05) is 31.1 Å². The Hall–Kier alpha value is -0.810. The van der Waals surface area contributed by atoms with Gasteiger partial charge in [0.1, 0.15) is 0 Å². The molecule has 0 aromatic rings. The second kappa shape index (κ2) is 8.73. The lowest BCUT2D eigenvalue weighted by Crippen LogP contribution is -2.47. The van der Waals surface area contributed by atoms with Gasteiger partial charge in [-0.1, -0.05) is 40.5 Å². The molecule has 1 atom stereocenters. The van der Waals surface area contributed by atoms with Gasteiger partial charge in [-0.2, -0.15) is 0 Å². The van der Waals surface area contributed by atoms with Crippen molar-refractivity contribution in [3.63, 3.8) is 0 Å². The van der Waals surface area contributed by atoms with E-state index in [0.29, 0.717) is 19.1 Å². The topological polar surface area (TPSA) is 64.6 Å². The molecule has 1 fully saturated rings. The molecule has 1 aliphatic rings. The first-order valence-electron chi connectivity index (χ1n) is 8.64. The molecule has 3 N–H and O–H groups in total. The molecule has 0 radical (unpaired) electrons. The molecule has 22 heavy (non-hydrogen) atoms. The number of carbonyl (C=O) groups is 1. The van der Waals surface area contributed by atoms with Gasteiger partial charge >= 0.3 is 6.03 Å². The van der Waals surface area contributed by atoms with Gasteiger partial charge in [0.2, 0.25) is 0 Å². The van der Waals surface area contributed by atoms with Crippen LogP contribution in [0.5, 0.6) is 0 Å². The van der Waals surface area contributed by atoms with Crippen LogP contribution in [0.1, 0.15) is 53.4 Å². The van der Waals surface area contributed by atoms with Crippen molar-refractivity contribution >= 4 is 6.03 Å². The second-order valence-corrected chi connectivity index (χ2v) is 7.71. The highest BCUT2D eigenvalue weighted by Crippen LogP contribution is 2.25. The largest absolute Gasteiger partial charge is 0.392 e. The third-order valence-corrected chi connectivity index (χ3v) is 4.83. The Morgan fingerprint density at radius 1 is 1.27 bits per heavy atom. The van der Waals surface area contributed by atoms with Crippen molar-refractivity contribution in [3.8, 4) is 0 Å². The highest BCUT2D eigenvalue weighted by atomic mass is 16.3. The monoisotopic (exact) mass is 313 g/mol. The lowest BCUT2D eigenvalue weighted by atomic mass is 9.81. The number of nitrogens with zero attached hydrogens (tertiary/aromatic N) is 1. The molecule has 2 amide bonds. The molecule has 5 heteroatoms. The highest BCUT2D eigenvalue weighted by molar-refractivity contribution is 5.73. The standard InChI is InChI=1S/C17H35N3O2/c1-13(2)15(21)17(3,4)12-19-16(22)18-10-11-20(5)14-8-6-7-9-14/h13-15,21H,6-12H2,1-5H3,(H2,18,19,22). The van der Waals surface area contributed by atoms with Gasteiger partial charge in [-0.15, -0.1) is 0 Å². The molecule has 0 aliphatic heterocycles. The van der Waals surface area contributed by atoms with Gasteiger partial charge in [0.05, 0.1) is 6.10 Å². The maximum Gasteiger partial charge on any atom is 0.314 e. The quantitative estimate of drug-likeness (QED) is 0.644. The van der Waals surface area contributed by atoms with E-state index in [1.165, 1.54) is 25.7 Å². The van der Waals surface area contributed by atoms with E-state index >= 15 is 0 Å². The van der Waals surface area contributed by atoms with E-state index < -0.39 is 6.10 Å². The molecule has 1 saturated carbocycles. The molecule has 1 unspecified atom stereocenters. The fourth-order valence-corrected chi connectivity index (χ4v) is 3.25. The van der Waals surface area contributed by atoms with Crippen molar-refractivity contribution in [2.24, 2.45) is 11.3 Å². The van der Waals surface area contributed by atoms with E-state index in [1.54, 1.807) is 0 Å². The number of amides is 2. The van der Waals surface area contributed by atoms with Crippen LogP contribution in [0.3, 0.4) is 0 Å². The van der Waals surface area contributed by atoms with Gasteiger partial charge in [-0.05, 0) is 25.8 Å². The number of hydrogen-bond donors (Lipinski definition) is 3. The first-order valence-corrected chi connectivity index (χ1v) is 8.64. The van der Waals surface area contributed by atoms with Gasteiger partial charge in [0.25, 0.3) is 0 Å². The predicted octanol–water partition coefficient (Wildman–Crippen LogP) is 2.20. The normalized spacial score (nSPS) is 18.0. The van der Waals surface area contributed by atoms with Crippen molar-refractivity contribution in [2.45, 2.75) is 65.5 Å². The average Bonchev–Trinajstić information content (AvgIpc) is 2.98. The zero-order valence-corrected chi connectivity index (χ0v) is 15.0. The lowest BCUT2D eigenvalue weighted by molar-refractivity contribution is 0.0151. The van der Waals surface area contributed by atoms with E-state index in [2.05, 4.69) is 22.6 Å². The molecule has 1 rings (SSSR count). The van der Waals surface area contributed by atoms with Crippen LogP contribution in [0.15, 0.2) is 0 Å². The summed E-state index contributed by atoms with van der Waals surface area (Å²) in [5.74, 6) is 0.180. The van der Waals surface area contributed by atoms with E-state index in [9.17, 15) is 9.90 Å². The Labute approximate surface area is 135 Å². The van der Waals surface area contributed by atoms with Crippen molar-refractivity contribution in [2.75, 3.05) is 26.7 Å². The Morgan fingerprint density at radius 3 is 2.41 bits per heavy atom. The summed E-state index contributed by atoms with van der Waals surface area (Å²) in [5.41, 5.74) is -0.327. The first-order chi connectivity index (χ1) is 10.2. The Morgan fingerprint density at radius 2 is 1.86 bits per heavy atom. The van der Waals surface area contributed by atoms with E-state index in [4.69, 9.17) is 0 Å². The fourth-order valence-electron chi connectivity index (χ4n) is 3.25. The van der Waals surface area contributed by atoms with Crippen LogP contribution in [0.4, 0.5) is 4.79 Å². The minimum absolute atomic E-state index is 0.149. The van der Waals surface area contributed by atoms with Crippen LogP contribution in [-0.2, 0) is 0 Å². The summed E-state index contributed by atoms with van der Waals surface area (Å²) in [5, 5.41) is 15.9. The first kappa shape index (κ1) is 19.2. The number of aliphatic hydroxyl groups excluding tert-OH is 1. The van der Waals surface area contributed by atoms with Gasteiger partial charge in [-0.25, -0.2) is 4.79 Å². The summed E-state index contributed by atoms with van der Waals surface area (Å²) in [6.45, 7) is 9.95. The minimum Gasteiger partial charge on any atom is -0.392 e. The molecule has 0 spiro atoms. The summed E-state index contributed by atoms with van der Waals surface area (Å²) in [6, 6.07) is 0.536. The van der Waals surface area contributed by atoms with Crippen LogP contribution in [-0.4, -0.2) is 54.9 Å². The number of nitrogens with one attached hydrogen (secondary N) is 2. The van der Waals surface area contributed by atoms with Crippen molar-refractivity contribution < 1.29 is 9.90 Å². The Balaban J connectivity index is 2.20. The minimum atomic E-state index is -0.429. The molecule has 0 aromatic carbocycles. The number of urea groups is 1. The highest BCUT2D eigenvalue weighted by Gasteiger charge is 2.30. The average molecular weight is 313 g/mol. The summed E-state index contributed by atoms with van der Waals surface area (Å²) < 4.78 is 0. The summed E-state index contributed by atoms with van der Waals surface area (Å²) in [7, 11) is 2.14. The molecule has 0 saturated heterocycles. The molecule has 1 aliphatic carbocycles. The number of likely N-dealkylation sites (N-methyl/N-ethyl adjacent to an activating group) is 1. The zero-order valence-electron chi connectivity index (χ0n) is 15.0. The van der Waals surface area contributed by atoms with Crippen LogP contribution in [0.25, 0.3) is 0 Å². The van der Waals surface area contributed by atoms with E-state index in [-0.39, 0.29) is 17.4 Å². The number of hydrogen-bond acceptors (Lipinski definition) is 3. The summed E-state index contributed by atoms with van der Waals surface area (Å²) in [4.78, 5) is 14.2. The fraction of sp³-hybridized carbons (Fsp3) is 0.941. The molecule has 0 heterocycles. The number of aliphatic hydroxyl groups is 1. The van der Waals surface area contributed by atoms with Crippen molar-refractivity contribution in [3.05, 3.63) is 0 Å². The van der Waals surface area contributed by atoms with Crippen LogP contribution in [0.2, 0.25) is 0 Å². The molecular weight excluding hydrogens is 278 g/mol. The summed E-state index contributed by atoms with van der Waals surface area (Å²) in [6.07, 6.45) is 4.79. The third-order valence-electron chi connectivity index (χ3n) is 4.83. The number of rotatable bonds is 8. The van der Waals surface area contributed by atoms with Gasteiger partial charge < -0.3 is 20.6 Å². The molecular formula is C17H35N3O2. The van der Waals surface area contributed by atoms with E-state index in [1.807, 2.05) is 27.7 Å². The summed E-state index contributed by atoms with van der Waals surface area (Å²) >= 11 is 0. The van der Waals surface area contributed by atoms with Crippen molar-refractivity contribution in [1.29, 1.82) is 0 Å². The maximum absolute atomic E-state index is 11.9. The third kappa shape index (κ3) is 6.13. The lowest BCUT2D eigenvalue weighted by Gasteiger charge is -2.33.